The van der Waals surface area contributed by atoms with E-state index in [0.29, 0.717) is 5.56 Å². The summed E-state index contributed by atoms with van der Waals surface area (Å²) >= 11 is 0. The molecule has 0 bridgehead atoms. The standard InChI is InChI=1S/C20H24N2O5/c1-12(14-6-4-3-5-7-14)18(21)19(25)22-15(20(26)27-2)10-13-8-9-16(23)17(24)11-13/h3-9,11-12,15,18,23-24H,10,21H2,1-2H3,(H,22,25)/t12-,15-,18-/m0/s1. The number of phenols is 2. The van der Waals surface area contributed by atoms with Gasteiger partial charge >= 0.3 is 5.97 Å². The molecule has 0 aliphatic heterocycles. The first-order chi connectivity index (χ1) is 12.8. The molecule has 0 fully saturated rings. The number of amides is 1. The molecule has 0 aromatic heterocycles. The highest BCUT2D eigenvalue weighted by Gasteiger charge is 2.28. The van der Waals surface area contributed by atoms with Crippen LogP contribution in [0.15, 0.2) is 48.5 Å². The van der Waals surface area contributed by atoms with E-state index in [9.17, 15) is 19.8 Å². The molecule has 27 heavy (non-hydrogen) atoms. The van der Waals surface area contributed by atoms with E-state index in [4.69, 9.17) is 10.5 Å². The molecular formula is C20H24N2O5. The zero-order chi connectivity index (χ0) is 20.0. The van der Waals surface area contributed by atoms with Gasteiger partial charge in [0.2, 0.25) is 5.91 Å². The van der Waals surface area contributed by atoms with Gasteiger partial charge in [-0.2, -0.15) is 0 Å². The van der Waals surface area contributed by atoms with Gasteiger partial charge in [-0.3, -0.25) is 4.79 Å². The molecule has 0 saturated carbocycles. The van der Waals surface area contributed by atoms with Crippen molar-refractivity contribution in [1.29, 1.82) is 0 Å². The maximum atomic E-state index is 12.6. The molecule has 0 spiro atoms. The van der Waals surface area contributed by atoms with Crippen molar-refractivity contribution in [2.24, 2.45) is 5.73 Å². The van der Waals surface area contributed by atoms with Crippen LogP contribution in [0.4, 0.5) is 0 Å². The number of hydrogen-bond donors (Lipinski definition) is 4. The normalized spacial score (nSPS) is 14.0. The van der Waals surface area contributed by atoms with Gasteiger partial charge in [-0.1, -0.05) is 43.3 Å². The molecule has 5 N–H and O–H groups in total. The Hall–Kier alpha value is -3.06. The lowest BCUT2D eigenvalue weighted by Gasteiger charge is -2.23. The van der Waals surface area contributed by atoms with E-state index in [0.717, 1.165) is 5.56 Å². The number of rotatable bonds is 7. The Bertz CT molecular complexity index is 794. The summed E-state index contributed by atoms with van der Waals surface area (Å²) in [6.45, 7) is 1.84. The van der Waals surface area contributed by atoms with Gasteiger partial charge in [-0.05, 0) is 23.3 Å². The van der Waals surface area contributed by atoms with E-state index in [-0.39, 0.29) is 23.8 Å². The van der Waals surface area contributed by atoms with E-state index < -0.39 is 24.0 Å². The molecule has 3 atom stereocenters. The van der Waals surface area contributed by atoms with Crippen molar-refractivity contribution in [1.82, 2.24) is 5.32 Å². The van der Waals surface area contributed by atoms with E-state index in [2.05, 4.69) is 5.32 Å². The maximum Gasteiger partial charge on any atom is 0.328 e. The van der Waals surface area contributed by atoms with Gasteiger partial charge in [0.05, 0.1) is 13.2 Å². The number of phenolic OH excluding ortho intramolecular Hbond substituents is 2. The molecule has 2 aromatic carbocycles. The van der Waals surface area contributed by atoms with Crippen LogP contribution in [0, 0.1) is 0 Å². The van der Waals surface area contributed by atoms with Gasteiger partial charge < -0.3 is 26.0 Å². The molecule has 2 aromatic rings. The molecule has 0 unspecified atom stereocenters. The summed E-state index contributed by atoms with van der Waals surface area (Å²) in [4.78, 5) is 24.6. The molecule has 2 rings (SSSR count). The molecule has 0 saturated heterocycles. The van der Waals surface area contributed by atoms with Crippen LogP contribution < -0.4 is 11.1 Å². The Kier molecular flexibility index (Phi) is 6.79. The minimum Gasteiger partial charge on any atom is -0.504 e. The summed E-state index contributed by atoms with van der Waals surface area (Å²) in [5, 5.41) is 21.6. The van der Waals surface area contributed by atoms with Crippen molar-refractivity contribution < 1.29 is 24.5 Å². The fraction of sp³-hybridized carbons (Fsp3) is 0.300. The number of nitrogens with one attached hydrogen (secondary N) is 1. The van der Waals surface area contributed by atoms with Gasteiger partial charge in [-0.15, -0.1) is 0 Å². The van der Waals surface area contributed by atoms with Gasteiger partial charge in [0.1, 0.15) is 6.04 Å². The van der Waals surface area contributed by atoms with Gasteiger partial charge in [0, 0.05) is 12.3 Å². The summed E-state index contributed by atoms with van der Waals surface area (Å²) < 4.78 is 4.76. The SMILES string of the molecule is COC(=O)[C@H](Cc1ccc(O)c(O)c1)NC(=O)[C@@H](N)[C@@H](C)c1ccccc1. The maximum absolute atomic E-state index is 12.6. The van der Waals surface area contributed by atoms with Crippen LogP contribution in [0.2, 0.25) is 0 Å². The molecule has 7 nitrogen and oxygen atoms in total. The molecule has 0 aliphatic carbocycles. The summed E-state index contributed by atoms with van der Waals surface area (Å²) in [5.74, 6) is -1.93. The Morgan fingerprint density at radius 3 is 2.37 bits per heavy atom. The highest BCUT2D eigenvalue weighted by atomic mass is 16.5. The van der Waals surface area contributed by atoms with Crippen LogP contribution in [0.5, 0.6) is 11.5 Å². The number of nitrogens with two attached hydrogens (primary N) is 1. The van der Waals surface area contributed by atoms with Gasteiger partial charge in [0.25, 0.3) is 0 Å². The number of methoxy groups -OCH3 is 1. The van der Waals surface area contributed by atoms with Crippen molar-refractivity contribution in [3.8, 4) is 11.5 Å². The quantitative estimate of drug-likeness (QED) is 0.431. The Labute approximate surface area is 157 Å². The van der Waals surface area contributed by atoms with Crippen molar-refractivity contribution in [2.75, 3.05) is 7.11 Å². The van der Waals surface area contributed by atoms with E-state index in [1.54, 1.807) is 6.07 Å². The van der Waals surface area contributed by atoms with Crippen LogP contribution in [0.1, 0.15) is 24.0 Å². The lowest BCUT2D eigenvalue weighted by molar-refractivity contribution is -0.145. The third kappa shape index (κ3) is 5.21. The lowest BCUT2D eigenvalue weighted by atomic mass is 9.93. The number of ether oxygens (including phenoxy) is 1. The second kappa shape index (κ2) is 9.05. The number of carbonyl (C=O) groups is 2. The molecule has 144 valence electrons. The van der Waals surface area contributed by atoms with Crippen LogP contribution in [-0.2, 0) is 20.7 Å². The average Bonchev–Trinajstić information content (AvgIpc) is 2.69. The topological polar surface area (TPSA) is 122 Å². The van der Waals surface area contributed by atoms with Crippen LogP contribution in [0.3, 0.4) is 0 Å². The third-order valence-corrected chi connectivity index (χ3v) is 4.45. The Morgan fingerprint density at radius 1 is 1.11 bits per heavy atom. The van der Waals surface area contributed by atoms with Crippen molar-refractivity contribution >= 4 is 11.9 Å². The molecule has 0 heterocycles. The number of esters is 1. The fourth-order valence-corrected chi connectivity index (χ4v) is 2.73. The Balaban J connectivity index is 2.11. The molecular weight excluding hydrogens is 348 g/mol. The average molecular weight is 372 g/mol. The first kappa shape index (κ1) is 20.3. The van der Waals surface area contributed by atoms with Crippen LogP contribution in [0.25, 0.3) is 0 Å². The fourth-order valence-electron chi connectivity index (χ4n) is 2.73. The van der Waals surface area contributed by atoms with E-state index in [1.165, 1.54) is 19.2 Å². The highest BCUT2D eigenvalue weighted by molar-refractivity contribution is 5.88. The largest absolute Gasteiger partial charge is 0.504 e. The van der Waals surface area contributed by atoms with Crippen molar-refractivity contribution in [2.45, 2.75) is 31.3 Å². The van der Waals surface area contributed by atoms with Crippen LogP contribution in [-0.4, -0.2) is 41.3 Å². The minimum atomic E-state index is -0.972. The predicted octanol–water partition coefficient (Wildman–Crippen LogP) is 1.43. The van der Waals surface area contributed by atoms with E-state index >= 15 is 0 Å². The summed E-state index contributed by atoms with van der Waals surface area (Å²) in [6.07, 6.45) is 0.0820. The summed E-state index contributed by atoms with van der Waals surface area (Å²) in [5.41, 5.74) is 7.54. The van der Waals surface area contributed by atoms with Gasteiger partial charge in [0.15, 0.2) is 11.5 Å². The zero-order valence-corrected chi connectivity index (χ0v) is 15.3. The number of hydrogen-bond acceptors (Lipinski definition) is 6. The van der Waals surface area contributed by atoms with E-state index in [1.807, 2.05) is 37.3 Å². The number of carbonyl (C=O) groups excluding carboxylic acids is 2. The summed E-state index contributed by atoms with van der Waals surface area (Å²) in [6, 6.07) is 11.7. The van der Waals surface area contributed by atoms with Crippen molar-refractivity contribution in [3.63, 3.8) is 0 Å². The number of benzene rings is 2. The minimum absolute atomic E-state index is 0.0820. The molecule has 0 aliphatic rings. The molecule has 0 radical (unpaired) electrons. The third-order valence-electron chi connectivity index (χ3n) is 4.45. The van der Waals surface area contributed by atoms with Crippen molar-refractivity contribution in [3.05, 3.63) is 59.7 Å². The lowest BCUT2D eigenvalue weighted by Crippen LogP contribution is -2.51. The first-order valence-electron chi connectivity index (χ1n) is 8.53. The smallest absolute Gasteiger partial charge is 0.328 e. The van der Waals surface area contributed by atoms with Crippen LogP contribution >= 0.6 is 0 Å². The summed E-state index contributed by atoms with van der Waals surface area (Å²) in [7, 11) is 1.22. The monoisotopic (exact) mass is 372 g/mol. The zero-order valence-electron chi connectivity index (χ0n) is 15.3. The molecule has 7 heteroatoms. The Morgan fingerprint density at radius 2 is 1.78 bits per heavy atom. The predicted molar refractivity (Wildman–Crippen MR) is 100 cm³/mol. The number of aromatic hydroxyl groups is 2. The second-order valence-corrected chi connectivity index (χ2v) is 6.34. The first-order valence-corrected chi connectivity index (χ1v) is 8.53. The van der Waals surface area contributed by atoms with Gasteiger partial charge in [-0.25, -0.2) is 4.79 Å². The second-order valence-electron chi connectivity index (χ2n) is 6.34. The molecule has 1 amide bonds. The highest BCUT2D eigenvalue weighted by Crippen LogP contribution is 2.25.